The molecule has 2 aromatic heterocycles. The Labute approximate surface area is 187 Å². The van der Waals surface area contributed by atoms with Crippen molar-refractivity contribution in [2.45, 2.75) is 25.5 Å². The van der Waals surface area contributed by atoms with Crippen molar-refractivity contribution in [1.29, 1.82) is 0 Å². The molecule has 1 saturated carbocycles. The first-order chi connectivity index (χ1) is 14.9. The molecule has 160 valence electrons. The first kappa shape index (κ1) is 21.1. The number of pyridine rings is 1. The largest absolute Gasteiger partial charge is 0.490 e. The number of hydrogen-bond acceptors (Lipinski definition) is 7. The molecule has 0 atom stereocenters. The summed E-state index contributed by atoms with van der Waals surface area (Å²) >= 11 is 12.8. The minimum atomic E-state index is -0.749. The minimum Gasteiger partial charge on any atom is -0.490 e. The van der Waals surface area contributed by atoms with Gasteiger partial charge in [-0.2, -0.15) is 0 Å². The second-order valence-corrected chi connectivity index (χ2v) is 7.79. The van der Waals surface area contributed by atoms with Crippen LogP contribution in [0, 0.1) is 0 Å². The van der Waals surface area contributed by atoms with Crippen LogP contribution < -0.4 is 27.1 Å². The predicted octanol–water partition coefficient (Wildman–Crippen LogP) is 2.77. The van der Waals surface area contributed by atoms with Gasteiger partial charge in [-0.3, -0.25) is 19.1 Å². The number of benzene rings is 1. The number of halogens is 2. The second-order valence-electron chi connectivity index (χ2n) is 6.97. The summed E-state index contributed by atoms with van der Waals surface area (Å²) < 4.78 is 6.78. The van der Waals surface area contributed by atoms with E-state index in [1.807, 2.05) is 0 Å². The summed E-state index contributed by atoms with van der Waals surface area (Å²) in [6.45, 7) is 0.246. The monoisotopic (exact) mass is 460 g/mol. The van der Waals surface area contributed by atoms with Gasteiger partial charge in [0.15, 0.2) is 0 Å². The number of rotatable bonds is 6. The van der Waals surface area contributed by atoms with E-state index in [2.05, 4.69) is 15.3 Å². The van der Waals surface area contributed by atoms with E-state index in [9.17, 15) is 9.59 Å². The third-order valence-corrected chi connectivity index (χ3v) is 5.15. The van der Waals surface area contributed by atoms with E-state index < -0.39 is 11.5 Å². The molecule has 0 radical (unpaired) electrons. The van der Waals surface area contributed by atoms with Crippen LogP contribution in [0.2, 0.25) is 10.0 Å². The highest BCUT2D eigenvalue weighted by molar-refractivity contribution is 6.38. The highest BCUT2D eigenvalue weighted by Gasteiger charge is 2.25. The zero-order chi connectivity index (χ0) is 22.1. The summed E-state index contributed by atoms with van der Waals surface area (Å²) in [5, 5.41) is 2.92. The molecule has 0 saturated heterocycles. The number of nitrogen functional groups attached to an aromatic ring is 1. The van der Waals surface area contributed by atoms with Crippen LogP contribution in [-0.4, -0.2) is 26.5 Å². The Hall–Kier alpha value is -3.14. The quantitative estimate of drug-likeness (QED) is 0.513. The van der Waals surface area contributed by atoms with Gasteiger partial charge >= 0.3 is 0 Å². The first-order valence-electron chi connectivity index (χ1n) is 9.36. The molecule has 0 bridgehead atoms. The van der Waals surface area contributed by atoms with Crippen molar-refractivity contribution >= 4 is 40.6 Å². The maximum absolute atomic E-state index is 13.1. The number of aromatic nitrogens is 3. The van der Waals surface area contributed by atoms with Gasteiger partial charge in [-0.1, -0.05) is 23.2 Å². The Morgan fingerprint density at radius 1 is 1.23 bits per heavy atom. The zero-order valence-electron chi connectivity index (χ0n) is 16.1. The van der Waals surface area contributed by atoms with Crippen molar-refractivity contribution in [3.63, 3.8) is 0 Å². The Balaban J connectivity index is 1.71. The normalized spacial score (nSPS) is 13.1. The fourth-order valence-corrected chi connectivity index (χ4v) is 3.57. The summed E-state index contributed by atoms with van der Waals surface area (Å²) in [4.78, 5) is 33.9. The third-order valence-electron chi connectivity index (χ3n) is 4.58. The fourth-order valence-electron chi connectivity index (χ4n) is 2.92. The van der Waals surface area contributed by atoms with E-state index in [-0.39, 0.29) is 39.8 Å². The lowest BCUT2D eigenvalue weighted by Gasteiger charge is -2.14. The molecule has 3 aromatic rings. The molecule has 31 heavy (non-hydrogen) atoms. The predicted molar refractivity (Wildman–Crippen MR) is 118 cm³/mol. The van der Waals surface area contributed by atoms with E-state index in [0.717, 1.165) is 17.4 Å². The topological polar surface area (TPSA) is 138 Å². The molecule has 1 aliphatic rings. The van der Waals surface area contributed by atoms with Crippen LogP contribution in [0.4, 0.5) is 11.5 Å². The number of anilines is 2. The van der Waals surface area contributed by atoms with E-state index in [1.165, 1.54) is 12.5 Å². The van der Waals surface area contributed by atoms with Crippen LogP contribution in [0.25, 0.3) is 5.69 Å². The molecule has 0 unspecified atom stereocenters. The van der Waals surface area contributed by atoms with Gasteiger partial charge in [-0.25, -0.2) is 4.98 Å². The lowest BCUT2D eigenvalue weighted by Crippen LogP contribution is -2.31. The van der Waals surface area contributed by atoms with Crippen LogP contribution in [0.1, 0.15) is 28.8 Å². The van der Waals surface area contributed by atoms with Crippen LogP contribution in [0.5, 0.6) is 5.75 Å². The van der Waals surface area contributed by atoms with Gasteiger partial charge in [0, 0.05) is 24.9 Å². The van der Waals surface area contributed by atoms with E-state index in [4.69, 9.17) is 39.4 Å². The minimum absolute atomic E-state index is 0.154. The summed E-state index contributed by atoms with van der Waals surface area (Å²) in [5.41, 5.74) is 11.6. The van der Waals surface area contributed by atoms with Gasteiger partial charge in [-0.15, -0.1) is 0 Å². The molecule has 2 heterocycles. The van der Waals surface area contributed by atoms with Crippen LogP contribution in [0.15, 0.2) is 41.7 Å². The van der Waals surface area contributed by atoms with Crippen LogP contribution in [-0.2, 0) is 6.54 Å². The van der Waals surface area contributed by atoms with Gasteiger partial charge in [-0.05, 0) is 24.5 Å². The van der Waals surface area contributed by atoms with Gasteiger partial charge in [0.2, 0.25) is 0 Å². The average Bonchev–Trinajstić information content (AvgIpc) is 3.53. The first-order valence-corrected chi connectivity index (χ1v) is 10.1. The molecule has 11 heteroatoms. The molecular weight excluding hydrogens is 443 g/mol. The molecule has 0 spiro atoms. The van der Waals surface area contributed by atoms with E-state index >= 15 is 0 Å². The second kappa shape index (κ2) is 8.54. The van der Waals surface area contributed by atoms with Gasteiger partial charge < -0.3 is 21.5 Å². The highest BCUT2D eigenvalue weighted by atomic mass is 35.5. The van der Waals surface area contributed by atoms with Crippen LogP contribution in [0.3, 0.4) is 0 Å². The van der Waals surface area contributed by atoms with Crippen molar-refractivity contribution in [2.75, 3.05) is 11.1 Å². The fraction of sp³-hybridized carbons (Fsp3) is 0.200. The maximum Gasteiger partial charge on any atom is 0.273 e. The summed E-state index contributed by atoms with van der Waals surface area (Å²) in [7, 11) is 0. The molecule has 1 aromatic carbocycles. The summed E-state index contributed by atoms with van der Waals surface area (Å²) in [5.74, 6) is -0.480. The van der Waals surface area contributed by atoms with Gasteiger partial charge in [0.05, 0.1) is 33.7 Å². The molecule has 5 N–H and O–H groups in total. The molecule has 0 aliphatic heterocycles. The Kier molecular flexibility index (Phi) is 5.81. The van der Waals surface area contributed by atoms with Crippen molar-refractivity contribution in [3.8, 4) is 11.4 Å². The number of nitrogens with two attached hydrogens (primary N) is 2. The zero-order valence-corrected chi connectivity index (χ0v) is 17.7. The number of carbonyl (C=O) groups excluding carboxylic acids is 1. The number of carbonyl (C=O) groups is 1. The Bertz CT molecular complexity index is 1200. The number of ether oxygens (including phenoxy) is 1. The number of amides is 1. The summed E-state index contributed by atoms with van der Waals surface area (Å²) in [6.07, 6.45) is 6.26. The lowest BCUT2D eigenvalue weighted by molar-refractivity contribution is 0.102. The third kappa shape index (κ3) is 4.48. The van der Waals surface area contributed by atoms with Gasteiger partial charge in [0.1, 0.15) is 23.5 Å². The Morgan fingerprint density at radius 2 is 1.94 bits per heavy atom. The smallest absolute Gasteiger partial charge is 0.273 e. The van der Waals surface area contributed by atoms with Crippen molar-refractivity contribution in [1.82, 2.24) is 14.5 Å². The maximum atomic E-state index is 13.1. The lowest BCUT2D eigenvalue weighted by atomic mass is 10.2. The van der Waals surface area contributed by atoms with Crippen molar-refractivity contribution in [2.24, 2.45) is 5.73 Å². The average molecular weight is 461 g/mol. The number of nitrogens with one attached hydrogen (secondary N) is 1. The standard InChI is InChI=1S/C20H18Cl2N6O3/c21-14-4-13(31-12-1-2-12)5-15(22)17(14)28-9-26-18(24)16(20(28)30)19(29)27-11-3-10(6-23)7-25-8-11/h3-5,7-9,12H,1-2,6,23-24H2,(H,27,29). The molecule has 4 rings (SSSR count). The number of hydrogen-bond donors (Lipinski definition) is 3. The van der Waals surface area contributed by atoms with Crippen molar-refractivity contribution in [3.05, 3.63) is 68.4 Å². The number of nitrogens with zero attached hydrogens (tertiary/aromatic N) is 3. The molecule has 1 fully saturated rings. The molecule has 9 nitrogen and oxygen atoms in total. The SMILES string of the molecule is NCc1cncc(NC(=O)c2c(N)ncn(-c3c(Cl)cc(OC4CC4)cc3Cl)c2=O)c1. The molecular formula is C20H18Cl2N6O3. The molecule has 1 aliphatic carbocycles. The highest BCUT2D eigenvalue weighted by Crippen LogP contribution is 2.35. The van der Waals surface area contributed by atoms with Crippen LogP contribution >= 0.6 is 23.2 Å². The van der Waals surface area contributed by atoms with Crippen molar-refractivity contribution < 1.29 is 9.53 Å². The Morgan fingerprint density at radius 3 is 2.58 bits per heavy atom. The van der Waals surface area contributed by atoms with E-state index in [1.54, 1.807) is 24.4 Å². The van der Waals surface area contributed by atoms with E-state index in [0.29, 0.717) is 17.0 Å². The molecule has 1 amide bonds. The van der Waals surface area contributed by atoms with Gasteiger partial charge in [0.25, 0.3) is 11.5 Å². The summed E-state index contributed by atoms with van der Waals surface area (Å²) in [6, 6.07) is 4.77.